The molecule has 14 nitrogen and oxygen atoms in total. The van der Waals surface area contributed by atoms with E-state index in [0.717, 1.165) is 30.3 Å². The predicted molar refractivity (Wildman–Crippen MR) is 174 cm³/mol. The van der Waals surface area contributed by atoms with Crippen LogP contribution in [0.5, 0.6) is 11.6 Å². The number of benzene rings is 2. The number of carbonyl (C=O) groups excluding carboxylic acids is 1. The molecule has 4 rings (SSSR count). The van der Waals surface area contributed by atoms with E-state index in [1.807, 2.05) is 20.8 Å². The van der Waals surface area contributed by atoms with Gasteiger partial charge in [0, 0.05) is 12.5 Å². The van der Waals surface area contributed by atoms with E-state index in [1.165, 1.54) is 13.0 Å². The molecule has 17 heteroatoms. The number of methoxy groups -OCH3 is 1. The number of aromatic nitrogens is 4. The highest BCUT2D eigenvalue weighted by Crippen LogP contribution is 2.48. The first kappa shape index (κ1) is 36.9. The van der Waals surface area contributed by atoms with Crippen LogP contribution in [0.3, 0.4) is 0 Å². The number of imidazole rings is 1. The van der Waals surface area contributed by atoms with Crippen molar-refractivity contribution in [1.82, 2.24) is 24.6 Å². The fraction of sp³-hybridized carbons (Fsp3) is 0.484. The molecule has 0 saturated heterocycles. The summed E-state index contributed by atoms with van der Waals surface area (Å²) in [6.45, 7) is 8.37. The van der Waals surface area contributed by atoms with Crippen molar-refractivity contribution in [2.24, 2.45) is 5.41 Å². The number of fused-ring (bicyclic) bond motifs is 2. The summed E-state index contributed by atoms with van der Waals surface area (Å²) in [6.07, 6.45) is -1.69. The monoisotopic (exact) mass is 694 g/mol. The summed E-state index contributed by atoms with van der Waals surface area (Å²) < 4.78 is 75.1. The van der Waals surface area contributed by atoms with Crippen molar-refractivity contribution < 1.29 is 46.5 Å². The molecule has 0 saturated carbocycles. The molecule has 4 N–H and O–H groups in total. The Morgan fingerprint density at radius 1 is 1.10 bits per heavy atom. The predicted octanol–water partition coefficient (Wildman–Crippen LogP) is 5.05. The summed E-state index contributed by atoms with van der Waals surface area (Å²) in [7, 11) is -3.86. The minimum Gasteiger partial charge on any atom is -0.476 e. The summed E-state index contributed by atoms with van der Waals surface area (Å²) in [5.74, 6) is -7.43. The van der Waals surface area contributed by atoms with E-state index in [2.05, 4.69) is 20.0 Å². The Balaban J connectivity index is 1.65. The maximum absolute atomic E-state index is 16.5. The molecule has 0 bridgehead atoms. The van der Waals surface area contributed by atoms with E-state index in [-0.39, 0.29) is 47.4 Å². The number of nitrogens with zero attached hydrogens (tertiary/aromatic N) is 4. The number of carbonyl (C=O) groups is 1. The number of aliphatic hydroxyl groups excluding tert-OH is 1. The summed E-state index contributed by atoms with van der Waals surface area (Å²) >= 11 is 0. The number of esters is 1. The van der Waals surface area contributed by atoms with Gasteiger partial charge in [0.2, 0.25) is 17.6 Å². The number of aliphatic hydroxyl groups is 1. The van der Waals surface area contributed by atoms with Crippen LogP contribution >= 0.6 is 7.75 Å². The van der Waals surface area contributed by atoms with Crippen LogP contribution in [0.15, 0.2) is 48.8 Å². The Bertz CT molecular complexity index is 1800. The van der Waals surface area contributed by atoms with Gasteiger partial charge < -0.3 is 29.6 Å². The Hall–Kier alpha value is -3.95. The minimum atomic E-state index is -4.72. The van der Waals surface area contributed by atoms with E-state index in [4.69, 9.17) is 29.0 Å². The smallest absolute Gasteiger partial charge is 0.459 e. The average molecular weight is 695 g/mol. The molecule has 0 amide bonds. The molecule has 4 aromatic rings. The summed E-state index contributed by atoms with van der Waals surface area (Å²) in [6, 6.07) is 10.7. The number of hydrogen-bond acceptors (Lipinski definition) is 12. The first-order chi connectivity index (χ1) is 22.4. The zero-order chi connectivity index (χ0) is 35.5. The molecule has 0 spiro atoms. The van der Waals surface area contributed by atoms with Crippen molar-refractivity contribution in [1.29, 1.82) is 0 Å². The van der Waals surface area contributed by atoms with Gasteiger partial charge in [-0.2, -0.15) is 15.1 Å². The molecule has 2 aromatic carbocycles. The average Bonchev–Trinajstić information content (AvgIpc) is 3.47. The second-order valence-electron chi connectivity index (χ2n) is 12.4. The number of hydrogen-bond donors (Lipinski definition) is 3. The maximum Gasteiger partial charge on any atom is 0.459 e. The lowest BCUT2D eigenvalue weighted by Crippen LogP contribution is -2.55. The molecule has 5 atom stereocenters. The fourth-order valence-electron chi connectivity index (χ4n) is 4.59. The summed E-state index contributed by atoms with van der Waals surface area (Å²) in [5.41, 5.74) is 5.21. The standard InChI is InChI=1S/C31H41F2N6O8P/c1-8-44-25-23-24(36-28(34)37-25)39(18-35-23)30(6,32)27(41)31(33,43-7)17-46-48(42,38-19(2)26(40)45-16-29(3,4)5)47-22-15-11-13-20-12-9-10-14-21(20)22/h9-15,18-19,27,41H,8,16-17H2,1-7H3,(H,38,42)(H2,34,36,37). The number of ether oxygens (including phenoxy) is 3. The molecule has 2 aromatic heterocycles. The van der Waals surface area contributed by atoms with Gasteiger partial charge in [-0.1, -0.05) is 57.2 Å². The van der Waals surface area contributed by atoms with E-state index in [1.54, 1.807) is 43.3 Å². The molecule has 0 aliphatic heterocycles. The highest BCUT2D eigenvalue weighted by Gasteiger charge is 2.54. The Morgan fingerprint density at radius 3 is 2.46 bits per heavy atom. The molecular weight excluding hydrogens is 653 g/mol. The van der Waals surface area contributed by atoms with Crippen LogP contribution in [-0.4, -0.2) is 75.5 Å². The van der Waals surface area contributed by atoms with Crippen LogP contribution in [0, 0.1) is 5.41 Å². The second kappa shape index (κ2) is 14.3. The van der Waals surface area contributed by atoms with E-state index >= 15 is 8.78 Å². The number of nitrogens with two attached hydrogens (primary N) is 1. The zero-order valence-corrected chi connectivity index (χ0v) is 28.7. The number of rotatable bonds is 15. The van der Waals surface area contributed by atoms with Gasteiger partial charge in [0.25, 0.3) is 5.85 Å². The Kier molecular flexibility index (Phi) is 11.0. The number of halogens is 2. The lowest BCUT2D eigenvalue weighted by Gasteiger charge is -2.37. The third-order valence-corrected chi connectivity index (χ3v) is 8.74. The van der Waals surface area contributed by atoms with Crippen molar-refractivity contribution >= 4 is 41.6 Å². The molecule has 0 radical (unpaired) electrons. The second-order valence-corrected chi connectivity index (χ2v) is 14.1. The summed E-state index contributed by atoms with van der Waals surface area (Å²) in [4.78, 5) is 24.8. The van der Waals surface area contributed by atoms with Crippen LogP contribution in [0.2, 0.25) is 0 Å². The quantitative estimate of drug-likeness (QED) is 0.111. The molecule has 5 unspecified atom stereocenters. The fourth-order valence-corrected chi connectivity index (χ4v) is 6.12. The van der Waals surface area contributed by atoms with Gasteiger partial charge in [0.1, 0.15) is 18.4 Å². The molecule has 0 aliphatic carbocycles. The van der Waals surface area contributed by atoms with E-state index in [0.29, 0.717) is 5.39 Å². The van der Waals surface area contributed by atoms with Crippen LogP contribution in [0.4, 0.5) is 14.7 Å². The zero-order valence-electron chi connectivity index (χ0n) is 27.8. The Labute approximate surface area is 276 Å². The number of nitrogen functional groups attached to an aromatic ring is 1. The number of nitrogens with one attached hydrogen (secondary N) is 1. The van der Waals surface area contributed by atoms with Gasteiger partial charge in [0.05, 0.1) is 19.5 Å². The minimum absolute atomic E-state index is 0.00442. The van der Waals surface area contributed by atoms with Crippen LogP contribution in [-0.2, 0) is 29.1 Å². The molecule has 2 heterocycles. The first-order valence-electron chi connectivity index (χ1n) is 15.0. The van der Waals surface area contributed by atoms with Crippen molar-refractivity contribution in [3.63, 3.8) is 0 Å². The molecule has 0 aliphatic rings. The third-order valence-electron chi connectivity index (χ3n) is 7.13. The van der Waals surface area contributed by atoms with Gasteiger partial charge in [-0.3, -0.25) is 13.9 Å². The van der Waals surface area contributed by atoms with Gasteiger partial charge in [-0.15, -0.1) is 0 Å². The largest absolute Gasteiger partial charge is 0.476 e. The van der Waals surface area contributed by atoms with Crippen LogP contribution in [0.1, 0.15) is 41.5 Å². The lowest BCUT2D eigenvalue weighted by molar-refractivity contribution is -0.253. The number of anilines is 1. The summed E-state index contributed by atoms with van der Waals surface area (Å²) in [5, 5.41) is 14.9. The third kappa shape index (κ3) is 8.18. The molecule has 262 valence electrons. The van der Waals surface area contributed by atoms with Gasteiger partial charge in [-0.05, 0) is 37.6 Å². The Morgan fingerprint density at radius 2 is 1.79 bits per heavy atom. The first-order valence-corrected chi connectivity index (χ1v) is 16.6. The van der Waals surface area contributed by atoms with Gasteiger partial charge in [0.15, 0.2) is 17.3 Å². The van der Waals surface area contributed by atoms with Crippen molar-refractivity contribution in [2.45, 2.75) is 65.3 Å². The van der Waals surface area contributed by atoms with Crippen molar-refractivity contribution in [3.05, 3.63) is 48.8 Å². The van der Waals surface area contributed by atoms with Crippen LogP contribution < -0.4 is 20.1 Å². The topological polar surface area (TPSA) is 182 Å². The van der Waals surface area contributed by atoms with E-state index < -0.39 is 44.1 Å². The van der Waals surface area contributed by atoms with Crippen LogP contribution in [0.25, 0.3) is 21.9 Å². The van der Waals surface area contributed by atoms with Crippen molar-refractivity contribution in [2.75, 3.05) is 32.7 Å². The molecule has 0 fully saturated rings. The van der Waals surface area contributed by atoms with Crippen molar-refractivity contribution in [3.8, 4) is 11.6 Å². The highest BCUT2D eigenvalue weighted by molar-refractivity contribution is 7.52. The highest BCUT2D eigenvalue weighted by atomic mass is 31.2. The molecular formula is C31H41F2N6O8P. The SMILES string of the molecule is CCOc1nc(N)nc2c1ncn2C(C)(F)C(O)C(F)(COP(=O)(NC(C)C(=O)OCC(C)(C)C)Oc1cccc2ccccc12)OC. The van der Waals surface area contributed by atoms with Gasteiger partial charge >= 0.3 is 13.7 Å². The normalized spacial score (nSPS) is 17.2. The van der Waals surface area contributed by atoms with Gasteiger partial charge in [-0.25, -0.2) is 18.3 Å². The number of alkyl halides is 2. The lowest BCUT2D eigenvalue weighted by atomic mass is 9.99. The molecule has 48 heavy (non-hydrogen) atoms. The van der Waals surface area contributed by atoms with E-state index in [9.17, 15) is 14.5 Å². The maximum atomic E-state index is 16.5.